The number of amides is 1. The number of nitriles is 1. The van der Waals surface area contributed by atoms with E-state index in [2.05, 4.69) is 28.5 Å². The van der Waals surface area contributed by atoms with Crippen molar-refractivity contribution < 1.29 is 4.79 Å². The molecule has 1 unspecified atom stereocenters. The zero-order chi connectivity index (χ0) is 20.4. The number of nitrogens with zero attached hydrogens (tertiary/aromatic N) is 4. The van der Waals surface area contributed by atoms with Crippen LogP contribution < -0.4 is 5.32 Å². The van der Waals surface area contributed by atoms with Crippen LogP contribution in [0.1, 0.15) is 29.3 Å². The number of anilines is 1. The van der Waals surface area contributed by atoms with Gasteiger partial charge < -0.3 is 9.88 Å². The first kappa shape index (κ1) is 19.7. The smallest absolute Gasteiger partial charge is 0.235 e. The molecule has 4 rings (SSSR count). The molecule has 148 valence electrons. The monoisotopic (exact) mass is 423 g/mol. The van der Waals surface area contributed by atoms with E-state index in [-0.39, 0.29) is 11.7 Å². The minimum atomic E-state index is -0.137. The molecular weight excluding hydrogens is 402 g/mol. The van der Waals surface area contributed by atoms with Crippen LogP contribution in [0.3, 0.4) is 0 Å². The van der Waals surface area contributed by atoms with Crippen molar-refractivity contribution in [3.8, 4) is 17.5 Å². The number of thiophene rings is 1. The van der Waals surface area contributed by atoms with Gasteiger partial charge in [-0.1, -0.05) is 49.0 Å². The molecule has 1 aliphatic rings. The van der Waals surface area contributed by atoms with E-state index in [1.807, 2.05) is 41.9 Å². The standard InChI is InChI=1S/C21H21N5OS2/c1-13-8-9-15-16(11-22)20(29-17(15)10-13)23-18(27)12-28-21-25-24-19(26(21)2)14-6-4-3-5-7-14/h3-7,13H,8-10,12H2,1-2H3,(H,23,27). The van der Waals surface area contributed by atoms with Crippen LogP contribution in [0.4, 0.5) is 5.00 Å². The van der Waals surface area contributed by atoms with E-state index >= 15 is 0 Å². The summed E-state index contributed by atoms with van der Waals surface area (Å²) in [7, 11) is 1.89. The Morgan fingerprint density at radius 2 is 2.17 bits per heavy atom. The predicted molar refractivity (Wildman–Crippen MR) is 116 cm³/mol. The summed E-state index contributed by atoms with van der Waals surface area (Å²) in [5.74, 6) is 1.47. The zero-order valence-corrected chi connectivity index (χ0v) is 17.9. The third-order valence-corrected chi connectivity index (χ3v) is 7.27. The molecule has 0 radical (unpaired) electrons. The van der Waals surface area contributed by atoms with Gasteiger partial charge >= 0.3 is 0 Å². The first-order valence-corrected chi connectivity index (χ1v) is 11.3. The van der Waals surface area contributed by atoms with Crippen molar-refractivity contribution in [1.82, 2.24) is 14.8 Å². The lowest BCUT2D eigenvalue weighted by Crippen LogP contribution is -2.14. The van der Waals surface area contributed by atoms with Gasteiger partial charge in [-0.2, -0.15) is 5.26 Å². The Labute approximate surface area is 178 Å². The molecule has 1 atom stereocenters. The summed E-state index contributed by atoms with van der Waals surface area (Å²) in [4.78, 5) is 13.8. The summed E-state index contributed by atoms with van der Waals surface area (Å²) in [6.07, 6.45) is 3.00. The Morgan fingerprint density at radius 1 is 1.38 bits per heavy atom. The van der Waals surface area contributed by atoms with Crippen LogP contribution in [0.25, 0.3) is 11.4 Å². The molecule has 29 heavy (non-hydrogen) atoms. The highest BCUT2D eigenvalue weighted by Gasteiger charge is 2.24. The van der Waals surface area contributed by atoms with Gasteiger partial charge in [0, 0.05) is 17.5 Å². The quantitative estimate of drug-likeness (QED) is 0.620. The number of aromatic nitrogens is 3. The summed E-state index contributed by atoms with van der Waals surface area (Å²) < 4.78 is 1.89. The lowest BCUT2D eigenvalue weighted by Gasteiger charge is -2.17. The van der Waals surface area contributed by atoms with E-state index in [9.17, 15) is 10.1 Å². The first-order chi connectivity index (χ1) is 14.1. The van der Waals surface area contributed by atoms with Crippen molar-refractivity contribution in [3.05, 3.63) is 46.3 Å². The van der Waals surface area contributed by atoms with Gasteiger partial charge in [0.2, 0.25) is 5.91 Å². The van der Waals surface area contributed by atoms with Gasteiger partial charge in [-0.15, -0.1) is 21.5 Å². The number of nitrogens with one attached hydrogen (secondary N) is 1. The van der Waals surface area contributed by atoms with Crippen LogP contribution in [0.15, 0.2) is 35.5 Å². The molecule has 2 aromatic heterocycles. The molecule has 1 aromatic carbocycles. The average molecular weight is 424 g/mol. The fourth-order valence-electron chi connectivity index (χ4n) is 3.53. The Kier molecular flexibility index (Phi) is 5.69. The Morgan fingerprint density at radius 3 is 2.93 bits per heavy atom. The van der Waals surface area contributed by atoms with Crippen LogP contribution in [0.5, 0.6) is 0 Å². The lowest BCUT2D eigenvalue weighted by atomic mass is 9.89. The number of benzene rings is 1. The van der Waals surface area contributed by atoms with Gasteiger partial charge in [-0.3, -0.25) is 4.79 Å². The van der Waals surface area contributed by atoms with Crippen molar-refractivity contribution in [1.29, 1.82) is 5.26 Å². The Balaban J connectivity index is 1.43. The number of rotatable bonds is 5. The highest BCUT2D eigenvalue weighted by molar-refractivity contribution is 7.99. The van der Waals surface area contributed by atoms with E-state index in [1.54, 1.807) is 11.3 Å². The van der Waals surface area contributed by atoms with Crippen molar-refractivity contribution in [2.24, 2.45) is 13.0 Å². The average Bonchev–Trinajstić information content (AvgIpc) is 3.26. The van der Waals surface area contributed by atoms with Crippen molar-refractivity contribution in [3.63, 3.8) is 0 Å². The van der Waals surface area contributed by atoms with Gasteiger partial charge in [0.05, 0.1) is 11.3 Å². The number of carbonyl (C=O) groups is 1. The molecule has 0 aliphatic heterocycles. The van der Waals surface area contributed by atoms with E-state index in [1.165, 1.54) is 16.6 Å². The van der Waals surface area contributed by atoms with E-state index < -0.39 is 0 Å². The van der Waals surface area contributed by atoms with Crippen molar-refractivity contribution in [2.75, 3.05) is 11.1 Å². The van der Waals surface area contributed by atoms with Gasteiger partial charge in [-0.05, 0) is 30.7 Å². The SMILES string of the molecule is CC1CCc2c(sc(NC(=O)CSc3nnc(-c4ccccc4)n3C)c2C#N)C1. The second kappa shape index (κ2) is 8.39. The molecule has 1 amide bonds. The minimum Gasteiger partial charge on any atom is -0.316 e. The van der Waals surface area contributed by atoms with Crippen LogP contribution >= 0.6 is 23.1 Å². The molecule has 8 heteroatoms. The maximum absolute atomic E-state index is 12.5. The number of hydrogen-bond acceptors (Lipinski definition) is 6. The Hall–Kier alpha value is -2.63. The topological polar surface area (TPSA) is 83.6 Å². The third kappa shape index (κ3) is 4.07. The molecule has 6 nitrogen and oxygen atoms in total. The van der Waals surface area contributed by atoms with E-state index in [4.69, 9.17) is 0 Å². The van der Waals surface area contributed by atoms with Crippen LogP contribution in [-0.4, -0.2) is 26.4 Å². The molecule has 2 heterocycles. The van der Waals surface area contributed by atoms with E-state index in [0.717, 1.165) is 36.2 Å². The summed E-state index contributed by atoms with van der Waals surface area (Å²) in [5.41, 5.74) is 2.75. The van der Waals surface area contributed by atoms with Crippen LogP contribution in [-0.2, 0) is 24.7 Å². The fraction of sp³-hybridized carbons (Fsp3) is 0.333. The van der Waals surface area contributed by atoms with Gasteiger partial charge in [0.15, 0.2) is 11.0 Å². The maximum Gasteiger partial charge on any atom is 0.235 e. The summed E-state index contributed by atoms with van der Waals surface area (Å²) >= 11 is 2.89. The highest BCUT2D eigenvalue weighted by Crippen LogP contribution is 2.39. The highest BCUT2D eigenvalue weighted by atomic mass is 32.2. The second-order valence-corrected chi connectivity index (χ2v) is 9.28. The number of carbonyl (C=O) groups excluding carboxylic acids is 1. The van der Waals surface area contributed by atoms with Gasteiger partial charge in [-0.25, -0.2) is 0 Å². The van der Waals surface area contributed by atoms with E-state index in [0.29, 0.717) is 21.6 Å². The summed E-state index contributed by atoms with van der Waals surface area (Å²) in [6, 6.07) is 12.1. The third-order valence-electron chi connectivity index (χ3n) is 5.08. The normalized spacial score (nSPS) is 15.6. The molecule has 0 spiro atoms. The molecule has 1 N–H and O–H groups in total. The van der Waals surface area contributed by atoms with Crippen molar-refractivity contribution >= 4 is 34.0 Å². The molecule has 0 fully saturated rings. The van der Waals surface area contributed by atoms with Crippen molar-refractivity contribution in [2.45, 2.75) is 31.3 Å². The second-order valence-electron chi connectivity index (χ2n) is 7.24. The number of thioether (sulfide) groups is 1. The van der Waals surface area contributed by atoms with Gasteiger partial charge in [0.25, 0.3) is 0 Å². The lowest BCUT2D eigenvalue weighted by molar-refractivity contribution is -0.113. The molecular formula is C21H21N5OS2. The molecule has 3 aromatic rings. The summed E-state index contributed by atoms with van der Waals surface area (Å²) in [5, 5.41) is 22.3. The predicted octanol–water partition coefficient (Wildman–Crippen LogP) is 4.27. The first-order valence-electron chi connectivity index (χ1n) is 9.49. The Bertz CT molecular complexity index is 1080. The van der Waals surface area contributed by atoms with Gasteiger partial charge in [0.1, 0.15) is 11.1 Å². The van der Waals surface area contributed by atoms with Crippen LogP contribution in [0, 0.1) is 17.2 Å². The molecule has 0 saturated carbocycles. The molecule has 1 aliphatic carbocycles. The van der Waals surface area contributed by atoms with Crippen LogP contribution in [0.2, 0.25) is 0 Å². The molecule has 0 saturated heterocycles. The number of fused-ring (bicyclic) bond motifs is 1. The summed E-state index contributed by atoms with van der Waals surface area (Å²) in [6.45, 7) is 2.23. The zero-order valence-electron chi connectivity index (χ0n) is 16.3. The maximum atomic E-state index is 12.5. The molecule has 0 bridgehead atoms. The largest absolute Gasteiger partial charge is 0.316 e. The minimum absolute atomic E-state index is 0.137. The fourth-order valence-corrected chi connectivity index (χ4v) is 5.62. The number of hydrogen-bond donors (Lipinski definition) is 1.